The van der Waals surface area contributed by atoms with E-state index in [0.717, 1.165) is 35.3 Å². The second-order valence-corrected chi connectivity index (χ2v) is 8.46. The van der Waals surface area contributed by atoms with Crippen molar-refractivity contribution in [1.82, 2.24) is 14.5 Å². The molecule has 0 unspecified atom stereocenters. The first-order valence-corrected chi connectivity index (χ1v) is 11.7. The van der Waals surface area contributed by atoms with Crippen molar-refractivity contribution in [1.29, 1.82) is 0 Å². The monoisotopic (exact) mass is 440 g/mol. The van der Waals surface area contributed by atoms with Crippen molar-refractivity contribution < 1.29 is 4.79 Å². The molecule has 2 N–H and O–H groups in total. The van der Waals surface area contributed by atoms with Crippen LogP contribution >= 0.6 is 0 Å². The first-order chi connectivity index (χ1) is 16.1. The highest BCUT2D eigenvalue weighted by Gasteiger charge is 2.29. The summed E-state index contributed by atoms with van der Waals surface area (Å²) in [5.74, 6) is 0.939. The van der Waals surface area contributed by atoms with Gasteiger partial charge in [0.2, 0.25) is 0 Å². The summed E-state index contributed by atoms with van der Waals surface area (Å²) in [5.41, 5.74) is 10.9. The zero-order valence-electron chi connectivity index (χ0n) is 19.4. The summed E-state index contributed by atoms with van der Waals surface area (Å²) in [5, 5.41) is 0. The van der Waals surface area contributed by atoms with Crippen LogP contribution in [0.1, 0.15) is 53.1 Å². The van der Waals surface area contributed by atoms with Gasteiger partial charge in [-0.25, -0.2) is 4.98 Å². The molecule has 0 aliphatic heterocycles. The Balaban J connectivity index is 1.79. The van der Waals surface area contributed by atoms with E-state index in [4.69, 9.17) is 10.7 Å². The van der Waals surface area contributed by atoms with E-state index in [1.807, 2.05) is 60.4 Å². The zero-order chi connectivity index (χ0) is 23.2. The largest absolute Gasteiger partial charge is 0.330 e. The number of hydrogen-bond acceptors (Lipinski definition) is 3. The lowest BCUT2D eigenvalue weighted by atomic mass is 10.1. The van der Waals surface area contributed by atoms with Crippen molar-refractivity contribution >= 4 is 16.9 Å². The van der Waals surface area contributed by atoms with Crippen LogP contribution in [-0.2, 0) is 6.54 Å². The van der Waals surface area contributed by atoms with E-state index in [-0.39, 0.29) is 11.9 Å². The van der Waals surface area contributed by atoms with Crippen molar-refractivity contribution in [3.05, 3.63) is 101 Å². The van der Waals surface area contributed by atoms with Gasteiger partial charge in [0.1, 0.15) is 5.82 Å². The molecule has 5 nitrogen and oxygen atoms in total. The highest BCUT2D eigenvalue weighted by Crippen LogP contribution is 2.30. The van der Waals surface area contributed by atoms with Crippen LogP contribution in [0, 0.1) is 6.92 Å². The molecule has 3 aromatic carbocycles. The molecule has 4 rings (SSSR count). The van der Waals surface area contributed by atoms with Crippen LogP contribution in [0.5, 0.6) is 0 Å². The summed E-state index contributed by atoms with van der Waals surface area (Å²) in [4.78, 5) is 20.7. The van der Waals surface area contributed by atoms with E-state index in [2.05, 4.69) is 41.8 Å². The molecule has 4 aromatic rings. The topological polar surface area (TPSA) is 64.2 Å². The number of para-hydroxylation sites is 2. The van der Waals surface area contributed by atoms with Gasteiger partial charge in [-0.05, 0) is 56.1 Å². The normalized spacial score (nSPS) is 12.1. The third-order valence-corrected chi connectivity index (χ3v) is 6.09. The van der Waals surface area contributed by atoms with Gasteiger partial charge in [-0.3, -0.25) is 4.79 Å². The van der Waals surface area contributed by atoms with Gasteiger partial charge in [-0.2, -0.15) is 0 Å². The lowest BCUT2D eigenvalue weighted by Gasteiger charge is -2.31. The van der Waals surface area contributed by atoms with Crippen molar-refractivity contribution in [2.45, 2.75) is 39.3 Å². The molecule has 1 amide bonds. The molecule has 0 aliphatic carbocycles. The van der Waals surface area contributed by atoms with E-state index in [0.29, 0.717) is 25.2 Å². The van der Waals surface area contributed by atoms with Gasteiger partial charge < -0.3 is 15.2 Å². The number of aromatic nitrogens is 2. The van der Waals surface area contributed by atoms with Crippen LogP contribution in [0.2, 0.25) is 0 Å². The average molecular weight is 441 g/mol. The van der Waals surface area contributed by atoms with Gasteiger partial charge in [0.15, 0.2) is 0 Å². The van der Waals surface area contributed by atoms with Gasteiger partial charge in [0.25, 0.3) is 5.91 Å². The quantitative estimate of drug-likeness (QED) is 0.382. The van der Waals surface area contributed by atoms with Crippen molar-refractivity contribution in [3.8, 4) is 0 Å². The molecular weight excluding hydrogens is 408 g/mol. The molecule has 170 valence electrons. The second kappa shape index (κ2) is 10.5. The zero-order valence-corrected chi connectivity index (χ0v) is 19.4. The van der Waals surface area contributed by atoms with Crippen LogP contribution in [0.25, 0.3) is 11.0 Å². The molecular formula is C28H32N4O. The van der Waals surface area contributed by atoms with Gasteiger partial charge in [0, 0.05) is 18.7 Å². The van der Waals surface area contributed by atoms with Crippen molar-refractivity contribution in [2.24, 2.45) is 5.73 Å². The lowest BCUT2D eigenvalue weighted by molar-refractivity contribution is 0.0657. The second-order valence-electron chi connectivity index (χ2n) is 8.46. The fourth-order valence-corrected chi connectivity index (χ4v) is 4.35. The first-order valence-electron chi connectivity index (χ1n) is 11.7. The predicted octanol–water partition coefficient (Wildman–Crippen LogP) is 5.34. The number of benzene rings is 3. The van der Waals surface area contributed by atoms with E-state index in [9.17, 15) is 4.79 Å². The number of nitrogens with two attached hydrogens (primary N) is 1. The van der Waals surface area contributed by atoms with Crippen LogP contribution in [0.3, 0.4) is 0 Å². The number of imidazole rings is 1. The Morgan fingerprint density at radius 1 is 1.00 bits per heavy atom. The van der Waals surface area contributed by atoms with Gasteiger partial charge in [-0.15, -0.1) is 0 Å². The number of hydrogen-bond donors (Lipinski definition) is 1. The Morgan fingerprint density at radius 3 is 2.39 bits per heavy atom. The number of amides is 1. The molecule has 0 aliphatic rings. The molecule has 1 heterocycles. The maximum absolute atomic E-state index is 13.7. The molecule has 1 aromatic heterocycles. The highest BCUT2D eigenvalue weighted by molar-refractivity contribution is 5.94. The molecule has 0 bridgehead atoms. The van der Waals surface area contributed by atoms with E-state index in [1.165, 1.54) is 5.56 Å². The minimum absolute atomic E-state index is 0.0219. The standard InChI is InChI=1S/C28H32N4O/c1-3-25(31(19-9-18-29)28(33)23-16-14-21(2)15-17-23)27-30-24-12-7-8-13-26(24)32(27)20-22-10-5-4-6-11-22/h4-8,10-17,25H,3,9,18-20,29H2,1-2H3/t25-/m1/s1. The number of aryl methyl sites for hydroxylation is 1. The Bertz CT molecular complexity index is 1200. The van der Waals surface area contributed by atoms with E-state index < -0.39 is 0 Å². The lowest BCUT2D eigenvalue weighted by Crippen LogP contribution is -2.37. The molecule has 33 heavy (non-hydrogen) atoms. The summed E-state index contributed by atoms with van der Waals surface area (Å²) in [6, 6.07) is 26.2. The van der Waals surface area contributed by atoms with E-state index in [1.54, 1.807) is 0 Å². The third kappa shape index (κ3) is 4.99. The molecule has 1 atom stereocenters. The first kappa shape index (κ1) is 22.7. The number of rotatable bonds is 9. The summed E-state index contributed by atoms with van der Waals surface area (Å²) < 4.78 is 2.26. The van der Waals surface area contributed by atoms with Crippen molar-refractivity contribution in [3.63, 3.8) is 0 Å². The number of nitrogens with zero attached hydrogens (tertiary/aromatic N) is 3. The minimum Gasteiger partial charge on any atom is -0.330 e. The molecule has 0 saturated carbocycles. The highest BCUT2D eigenvalue weighted by atomic mass is 16.2. The minimum atomic E-state index is -0.151. The number of carbonyl (C=O) groups excluding carboxylic acids is 1. The SMILES string of the molecule is CC[C@H](c1nc2ccccc2n1Cc1ccccc1)N(CCCN)C(=O)c1ccc(C)cc1. The summed E-state index contributed by atoms with van der Waals surface area (Å²) in [7, 11) is 0. The van der Waals surface area contributed by atoms with Gasteiger partial charge in [0.05, 0.1) is 17.1 Å². The number of fused-ring (bicyclic) bond motifs is 1. The van der Waals surface area contributed by atoms with Gasteiger partial charge >= 0.3 is 0 Å². The summed E-state index contributed by atoms with van der Waals surface area (Å²) in [6.45, 7) is 5.98. The molecule has 5 heteroatoms. The average Bonchev–Trinajstić information content (AvgIpc) is 3.20. The van der Waals surface area contributed by atoms with Crippen molar-refractivity contribution in [2.75, 3.05) is 13.1 Å². The fourth-order valence-electron chi connectivity index (χ4n) is 4.35. The molecule has 0 fully saturated rings. The Labute approximate surface area is 195 Å². The fraction of sp³-hybridized carbons (Fsp3) is 0.286. The Morgan fingerprint density at radius 2 is 1.70 bits per heavy atom. The molecule has 0 saturated heterocycles. The molecule has 0 radical (unpaired) electrons. The summed E-state index contributed by atoms with van der Waals surface area (Å²) in [6.07, 6.45) is 1.51. The number of carbonyl (C=O) groups is 1. The predicted molar refractivity (Wildman–Crippen MR) is 134 cm³/mol. The smallest absolute Gasteiger partial charge is 0.254 e. The van der Waals surface area contributed by atoms with Crippen LogP contribution in [0.4, 0.5) is 0 Å². The third-order valence-electron chi connectivity index (χ3n) is 6.09. The maximum atomic E-state index is 13.7. The van der Waals surface area contributed by atoms with Crippen LogP contribution < -0.4 is 5.73 Å². The van der Waals surface area contributed by atoms with Crippen LogP contribution in [-0.4, -0.2) is 33.4 Å². The Kier molecular flexibility index (Phi) is 7.20. The van der Waals surface area contributed by atoms with E-state index >= 15 is 0 Å². The molecule has 0 spiro atoms. The van der Waals surface area contributed by atoms with Crippen LogP contribution in [0.15, 0.2) is 78.9 Å². The Hall–Kier alpha value is -3.44. The van der Waals surface area contributed by atoms with Gasteiger partial charge in [-0.1, -0.05) is 67.1 Å². The summed E-state index contributed by atoms with van der Waals surface area (Å²) >= 11 is 0. The maximum Gasteiger partial charge on any atom is 0.254 e.